The molecule has 0 aliphatic heterocycles. The molecule has 0 spiro atoms. The van der Waals surface area contributed by atoms with Gasteiger partial charge in [-0.25, -0.2) is 0 Å². The van der Waals surface area contributed by atoms with Crippen molar-refractivity contribution in [3.63, 3.8) is 0 Å². The monoisotopic (exact) mass is 397 g/mol. The fourth-order valence-electron chi connectivity index (χ4n) is 1.60. The lowest BCUT2D eigenvalue weighted by molar-refractivity contribution is -0.135. The highest BCUT2D eigenvalue weighted by molar-refractivity contribution is 9.10. The minimum atomic E-state index is -0.456. The number of anilines is 1. The summed E-state index contributed by atoms with van der Waals surface area (Å²) in [4.78, 5) is 23.5. The molecule has 0 fully saturated rings. The maximum Gasteiger partial charge on any atom is 0.311 e. The van der Waals surface area contributed by atoms with Gasteiger partial charge in [0, 0.05) is 16.8 Å². The third kappa shape index (κ3) is 5.72. The molecule has 0 bridgehead atoms. The maximum absolute atomic E-state index is 11.8. The normalized spacial score (nSPS) is 10.6. The number of hydrogen-bond acceptors (Lipinski definition) is 6. The molecule has 0 saturated carbocycles. The molecular formula is C15H16BrN3O3S. The number of nitrogens with one attached hydrogen (secondary N) is 1. The average molecular weight is 398 g/mol. The number of esters is 1. The Hall–Kier alpha value is -1.80. The van der Waals surface area contributed by atoms with Crippen LogP contribution in [0.5, 0.6) is 5.75 Å². The van der Waals surface area contributed by atoms with Crippen LogP contribution in [-0.2, 0) is 9.59 Å². The molecule has 1 N–H and O–H groups in total. The first-order valence-electron chi connectivity index (χ1n) is 7.03. The van der Waals surface area contributed by atoms with Crippen molar-refractivity contribution in [3.05, 3.63) is 33.7 Å². The van der Waals surface area contributed by atoms with Crippen molar-refractivity contribution in [1.82, 2.24) is 10.2 Å². The smallest absolute Gasteiger partial charge is 0.311 e. The number of halogens is 1. The zero-order valence-corrected chi connectivity index (χ0v) is 15.1. The van der Waals surface area contributed by atoms with Gasteiger partial charge in [0.2, 0.25) is 11.0 Å². The number of nitrogens with zero attached hydrogens (tertiary/aromatic N) is 2. The van der Waals surface area contributed by atoms with Gasteiger partial charge in [-0.1, -0.05) is 41.1 Å². The molecule has 0 unspecified atom stereocenters. The number of rotatable bonds is 6. The number of benzene rings is 1. The molecule has 8 heteroatoms. The van der Waals surface area contributed by atoms with Gasteiger partial charge < -0.3 is 10.1 Å². The zero-order valence-electron chi connectivity index (χ0n) is 12.7. The van der Waals surface area contributed by atoms with Crippen LogP contribution in [0.2, 0.25) is 0 Å². The van der Waals surface area contributed by atoms with Crippen LogP contribution in [0.25, 0.3) is 0 Å². The topological polar surface area (TPSA) is 81.2 Å². The first-order chi connectivity index (χ1) is 10.9. The lowest BCUT2D eigenvalue weighted by atomic mass is 10.2. The van der Waals surface area contributed by atoms with Crippen LogP contribution in [0.15, 0.2) is 28.7 Å². The minimum Gasteiger partial charge on any atom is -0.427 e. The van der Waals surface area contributed by atoms with Crippen LogP contribution in [0.3, 0.4) is 0 Å². The van der Waals surface area contributed by atoms with Gasteiger partial charge in [-0.2, -0.15) is 0 Å². The summed E-state index contributed by atoms with van der Waals surface area (Å²) in [5, 5.41) is 11.8. The van der Waals surface area contributed by atoms with E-state index in [4.69, 9.17) is 4.74 Å². The van der Waals surface area contributed by atoms with E-state index >= 15 is 0 Å². The van der Waals surface area contributed by atoms with Gasteiger partial charge in [-0.3, -0.25) is 9.59 Å². The predicted octanol–water partition coefficient (Wildman–Crippen LogP) is 3.75. The summed E-state index contributed by atoms with van der Waals surface area (Å²) < 4.78 is 6.04. The van der Waals surface area contributed by atoms with Crippen molar-refractivity contribution in [2.24, 2.45) is 0 Å². The van der Waals surface area contributed by atoms with Crippen LogP contribution in [0.1, 0.15) is 37.6 Å². The molecule has 2 rings (SSSR count). The third-order valence-corrected chi connectivity index (χ3v) is 4.45. The van der Waals surface area contributed by atoms with Crippen LogP contribution < -0.4 is 10.1 Å². The zero-order chi connectivity index (χ0) is 16.8. The van der Waals surface area contributed by atoms with Gasteiger partial charge in [0.15, 0.2) is 0 Å². The molecule has 122 valence electrons. The first-order valence-corrected chi connectivity index (χ1v) is 8.64. The Bertz CT molecular complexity index is 686. The summed E-state index contributed by atoms with van der Waals surface area (Å²) >= 11 is 4.63. The Labute approximate surface area is 146 Å². The lowest BCUT2D eigenvalue weighted by Gasteiger charge is -2.04. The Morgan fingerprint density at radius 1 is 1.22 bits per heavy atom. The number of carbonyl (C=O) groups is 2. The molecule has 2 aromatic rings. The fourth-order valence-corrected chi connectivity index (χ4v) is 2.63. The summed E-state index contributed by atoms with van der Waals surface area (Å²) in [7, 11) is 0. The molecule has 1 aromatic heterocycles. The Morgan fingerprint density at radius 3 is 2.52 bits per heavy atom. The number of amides is 1. The predicted molar refractivity (Wildman–Crippen MR) is 91.6 cm³/mol. The van der Waals surface area contributed by atoms with Crippen molar-refractivity contribution in [1.29, 1.82) is 0 Å². The Kier molecular flexibility index (Phi) is 6.23. The number of carbonyl (C=O) groups excluding carboxylic acids is 2. The second-order valence-corrected chi connectivity index (χ2v) is 7.00. The van der Waals surface area contributed by atoms with Gasteiger partial charge in [0.1, 0.15) is 10.8 Å². The molecule has 6 nitrogen and oxygen atoms in total. The highest BCUT2D eigenvalue weighted by Crippen LogP contribution is 2.22. The molecule has 23 heavy (non-hydrogen) atoms. The van der Waals surface area contributed by atoms with E-state index in [0.717, 1.165) is 9.48 Å². The van der Waals surface area contributed by atoms with Gasteiger partial charge in [0.25, 0.3) is 0 Å². The van der Waals surface area contributed by atoms with E-state index < -0.39 is 5.97 Å². The fraction of sp³-hybridized carbons (Fsp3) is 0.333. The largest absolute Gasteiger partial charge is 0.427 e. The number of ether oxygens (including phenoxy) is 1. The van der Waals surface area contributed by atoms with Gasteiger partial charge in [-0.05, 0) is 24.3 Å². The van der Waals surface area contributed by atoms with Crippen molar-refractivity contribution in [3.8, 4) is 5.75 Å². The summed E-state index contributed by atoms with van der Waals surface area (Å²) in [6, 6.07) is 6.90. The van der Waals surface area contributed by atoms with E-state index in [2.05, 4.69) is 31.4 Å². The van der Waals surface area contributed by atoms with E-state index in [1.54, 1.807) is 24.3 Å². The third-order valence-electron chi connectivity index (χ3n) is 2.78. The van der Waals surface area contributed by atoms with Crippen molar-refractivity contribution in [2.75, 3.05) is 5.32 Å². The molecule has 0 saturated heterocycles. The molecule has 0 aliphatic rings. The highest BCUT2D eigenvalue weighted by Gasteiger charge is 2.13. The maximum atomic E-state index is 11.8. The average Bonchev–Trinajstić information content (AvgIpc) is 2.96. The molecule has 1 heterocycles. The van der Waals surface area contributed by atoms with E-state index in [-0.39, 0.29) is 24.7 Å². The molecular weight excluding hydrogens is 382 g/mol. The van der Waals surface area contributed by atoms with Crippen LogP contribution >= 0.6 is 27.3 Å². The van der Waals surface area contributed by atoms with E-state index in [9.17, 15) is 9.59 Å². The van der Waals surface area contributed by atoms with Crippen molar-refractivity contribution in [2.45, 2.75) is 32.6 Å². The van der Waals surface area contributed by atoms with Crippen molar-refractivity contribution < 1.29 is 14.3 Å². The molecule has 1 amide bonds. The molecule has 0 aliphatic carbocycles. The Morgan fingerprint density at radius 2 is 1.91 bits per heavy atom. The quantitative estimate of drug-likeness (QED) is 0.592. The van der Waals surface area contributed by atoms with E-state index in [1.807, 2.05) is 13.8 Å². The minimum absolute atomic E-state index is 0.00224. The highest BCUT2D eigenvalue weighted by atomic mass is 79.9. The Balaban J connectivity index is 1.77. The molecule has 1 aromatic carbocycles. The summed E-state index contributed by atoms with van der Waals surface area (Å²) in [5.74, 6) is -0.0323. The van der Waals surface area contributed by atoms with Crippen LogP contribution in [0, 0.1) is 0 Å². The summed E-state index contributed by atoms with van der Waals surface area (Å²) in [6.07, 6.45) is 0.0314. The summed E-state index contributed by atoms with van der Waals surface area (Å²) in [6.45, 7) is 4.01. The van der Waals surface area contributed by atoms with Gasteiger partial charge in [0.05, 0.1) is 6.42 Å². The van der Waals surface area contributed by atoms with Crippen LogP contribution in [0.4, 0.5) is 5.13 Å². The second-order valence-electron chi connectivity index (χ2n) is 5.08. The van der Waals surface area contributed by atoms with Gasteiger partial charge >= 0.3 is 5.97 Å². The van der Waals surface area contributed by atoms with E-state index in [0.29, 0.717) is 10.9 Å². The second kappa shape index (κ2) is 8.16. The molecule has 0 radical (unpaired) electrons. The number of aromatic nitrogens is 2. The first kappa shape index (κ1) is 17.6. The number of hydrogen-bond donors (Lipinski definition) is 1. The van der Waals surface area contributed by atoms with Crippen LogP contribution in [-0.4, -0.2) is 22.1 Å². The molecule has 0 atom stereocenters. The van der Waals surface area contributed by atoms with Gasteiger partial charge in [-0.15, -0.1) is 10.2 Å². The van der Waals surface area contributed by atoms with Crippen molar-refractivity contribution >= 4 is 44.3 Å². The SMILES string of the molecule is CC(C)c1nnc(NC(=O)CCC(=O)Oc2ccc(Br)cc2)s1. The lowest BCUT2D eigenvalue weighted by Crippen LogP contribution is -2.15. The van der Waals surface area contributed by atoms with E-state index in [1.165, 1.54) is 11.3 Å². The standard InChI is InChI=1S/C15H16BrN3O3S/c1-9(2)14-18-19-15(23-14)17-12(20)7-8-13(21)22-11-5-3-10(16)4-6-11/h3-6,9H,7-8H2,1-2H3,(H,17,19,20). The summed E-state index contributed by atoms with van der Waals surface area (Å²) in [5.41, 5.74) is 0.